The third-order valence-corrected chi connectivity index (χ3v) is 5.92. The van der Waals surface area contributed by atoms with Crippen LogP contribution in [0, 0.1) is 11.8 Å². The van der Waals surface area contributed by atoms with Gasteiger partial charge in [0.2, 0.25) is 5.91 Å². The maximum absolute atomic E-state index is 12.5. The molecule has 1 amide bonds. The second-order valence-electron chi connectivity index (χ2n) is 7.32. The van der Waals surface area contributed by atoms with Gasteiger partial charge in [-0.25, -0.2) is 0 Å². The van der Waals surface area contributed by atoms with Crippen molar-refractivity contribution in [2.45, 2.75) is 82.7 Å². The van der Waals surface area contributed by atoms with Gasteiger partial charge in [-0.05, 0) is 50.4 Å². The van der Waals surface area contributed by atoms with Crippen LogP contribution in [-0.4, -0.2) is 29.4 Å². The number of rotatable bonds is 3. The highest BCUT2D eigenvalue weighted by atomic mass is 16.2. The molecule has 0 aromatic carbocycles. The molecule has 0 aromatic rings. The molecule has 20 heavy (non-hydrogen) atoms. The predicted octanol–water partition coefficient (Wildman–Crippen LogP) is 3.08. The van der Waals surface area contributed by atoms with Gasteiger partial charge in [0.1, 0.15) is 0 Å². The first-order valence-electron chi connectivity index (χ1n) is 8.79. The molecule has 3 fully saturated rings. The summed E-state index contributed by atoms with van der Waals surface area (Å²) in [7, 11) is 0. The number of likely N-dealkylation sites (tertiary alicyclic amines) is 1. The lowest BCUT2D eigenvalue weighted by atomic mass is 9.83. The van der Waals surface area contributed by atoms with Gasteiger partial charge in [-0.3, -0.25) is 4.79 Å². The SMILES string of the molecule is NC1CCCC(CCC(=O)N2CCC3CCCCC32)C1. The summed E-state index contributed by atoms with van der Waals surface area (Å²) in [6, 6.07) is 0.975. The lowest BCUT2D eigenvalue weighted by Crippen LogP contribution is -2.39. The van der Waals surface area contributed by atoms with Gasteiger partial charge in [-0.15, -0.1) is 0 Å². The van der Waals surface area contributed by atoms with Gasteiger partial charge in [-0.2, -0.15) is 0 Å². The maximum atomic E-state index is 12.5. The first-order valence-corrected chi connectivity index (χ1v) is 8.79. The van der Waals surface area contributed by atoms with E-state index in [0.717, 1.165) is 31.7 Å². The fourth-order valence-electron chi connectivity index (χ4n) is 4.78. The number of amides is 1. The summed E-state index contributed by atoms with van der Waals surface area (Å²) in [6.45, 7) is 1.03. The molecule has 3 rings (SSSR count). The first-order chi connectivity index (χ1) is 9.74. The van der Waals surface area contributed by atoms with Crippen molar-refractivity contribution in [3.63, 3.8) is 0 Å². The van der Waals surface area contributed by atoms with Crippen LogP contribution in [-0.2, 0) is 4.79 Å². The quantitative estimate of drug-likeness (QED) is 0.862. The first kappa shape index (κ1) is 14.4. The smallest absolute Gasteiger partial charge is 0.222 e. The van der Waals surface area contributed by atoms with Gasteiger partial charge in [0.25, 0.3) is 0 Å². The predicted molar refractivity (Wildman–Crippen MR) is 81.2 cm³/mol. The zero-order valence-corrected chi connectivity index (χ0v) is 12.7. The fraction of sp³-hybridized carbons (Fsp3) is 0.941. The number of nitrogens with zero attached hydrogens (tertiary/aromatic N) is 1. The molecule has 0 radical (unpaired) electrons. The summed E-state index contributed by atoms with van der Waals surface area (Å²) in [5.41, 5.74) is 6.05. The molecule has 3 aliphatic rings. The van der Waals surface area contributed by atoms with Crippen LogP contribution in [0.2, 0.25) is 0 Å². The second kappa shape index (κ2) is 6.46. The summed E-state index contributed by atoms with van der Waals surface area (Å²) in [4.78, 5) is 14.7. The third-order valence-electron chi connectivity index (χ3n) is 5.92. The molecule has 0 spiro atoms. The van der Waals surface area contributed by atoms with Crippen molar-refractivity contribution in [2.75, 3.05) is 6.54 Å². The molecule has 4 unspecified atom stereocenters. The highest BCUT2D eigenvalue weighted by Crippen LogP contribution is 2.37. The van der Waals surface area contributed by atoms with Crippen LogP contribution in [0.1, 0.15) is 70.6 Å². The topological polar surface area (TPSA) is 46.3 Å². The summed E-state index contributed by atoms with van der Waals surface area (Å²) >= 11 is 0. The number of hydrogen-bond acceptors (Lipinski definition) is 2. The minimum Gasteiger partial charge on any atom is -0.339 e. The van der Waals surface area contributed by atoms with E-state index in [-0.39, 0.29) is 0 Å². The normalized spacial score (nSPS) is 37.8. The van der Waals surface area contributed by atoms with E-state index in [0.29, 0.717) is 23.9 Å². The monoisotopic (exact) mass is 278 g/mol. The van der Waals surface area contributed by atoms with Crippen LogP contribution in [0.4, 0.5) is 0 Å². The maximum Gasteiger partial charge on any atom is 0.222 e. The fourth-order valence-corrected chi connectivity index (χ4v) is 4.78. The number of fused-ring (bicyclic) bond motifs is 1. The van der Waals surface area contributed by atoms with E-state index in [1.165, 1.54) is 51.4 Å². The van der Waals surface area contributed by atoms with Crippen LogP contribution < -0.4 is 5.73 Å². The van der Waals surface area contributed by atoms with E-state index in [9.17, 15) is 4.79 Å². The molecule has 2 saturated carbocycles. The van der Waals surface area contributed by atoms with Crippen molar-refractivity contribution >= 4 is 5.91 Å². The van der Waals surface area contributed by atoms with Gasteiger partial charge in [0.05, 0.1) is 0 Å². The van der Waals surface area contributed by atoms with E-state index in [2.05, 4.69) is 4.90 Å². The average molecular weight is 278 g/mol. The number of nitrogens with two attached hydrogens (primary N) is 1. The average Bonchev–Trinajstić information content (AvgIpc) is 2.89. The van der Waals surface area contributed by atoms with Crippen LogP contribution in [0.5, 0.6) is 0 Å². The summed E-state index contributed by atoms with van der Waals surface area (Å²) < 4.78 is 0. The van der Waals surface area contributed by atoms with Crippen molar-refractivity contribution in [3.8, 4) is 0 Å². The van der Waals surface area contributed by atoms with Crippen molar-refractivity contribution in [2.24, 2.45) is 17.6 Å². The molecule has 0 bridgehead atoms. The highest BCUT2D eigenvalue weighted by molar-refractivity contribution is 5.76. The summed E-state index contributed by atoms with van der Waals surface area (Å²) in [5.74, 6) is 1.95. The molecule has 2 N–H and O–H groups in total. The lowest BCUT2D eigenvalue weighted by molar-refractivity contribution is -0.133. The molecule has 114 valence electrons. The highest BCUT2D eigenvalue weighted by Gasteiger charge is 2.37. The molecular weight excluding hydrogens is 248 g/mol. The van der Waals surface area contributed by atoms with Crippen LogP contribution >= 0.6 is 0 Å². The standard InChI is InChI=1S/C17H30N2O/c18-15-6-3-4-13(12-15)8-9-17(20)19-11-10-14-5-1-2-7-16(14)19/h13-16H,1-12,18H2. The Kier molecular flexibility index (Phi) is 4.65. The zero-order valence-electron chi connectivity index (χ0n) is 12.7. The number of carbonyl (C=O) groups excluding carboxylic acids is 1. The minimum absolute atomic E-state index is 0.387. The van der Waals surface area contributed by atoms with E-state index in [4.69, 9.17) is 5.73 Å². The molecule has 2 aliphatic carbocycles. The Hall–Kier alpha value is -0.570. The van der Waals surface area contributed by atoms with Crippen molar-refractivity contribution in [1.29, 1.82) is 0 Å². The summed E-state index contributed by atoms with van der Waals surface area (Å²) in [5, 5.41) is 0. The molecule has 1 heterocycles. The number of hydrogen-bond donors (Lipinski definition) is 1. The Morgan fingerprint density at radius 2 is 1.90 bits per heavy atom. The Bertz CT molecular complexity index is 344. The molecule has 0 aromatic heterocycles. The Morgan fingerprint density at radius 3 is 2.75 bits per heavy atom. The lowest BCUT2D eigenvalue weighted by Gasteiger charge is -2.32. The minimum atomic E-state index is 0.387. The number of carbonyl (C=O) groups is 1. The third kappa shape index (κ3) is 3.19. The molecule has 1 aliphatic heterocycles. The van der Waals surface area contributed by atoms with Gasteiger partial charge in [-0.1, -0.05) is 25.7 Å². The largest absolute Gasteiger partial charge is 0.339 e. The van der Waals surface area contributed by atoms with Gasteiger partial charge in [0.15, 0.2) is 0 Å². The van der Waals surface area contributed by atoms with Crippen molar-refractivity contribution in [1.82, 2.24) is 4.90 Å². The van der Waals surface area contributed by atoms with Crippen LogP contribution in [0.15, 0.2) is 0 Å². The summed E-state index contributed by atoms with van der Waals surface area (Å²) in [6.07, 6.45) is 13.3. The Morgan fingerprint density at radius 1 is 1.05 bits per heavy atom. The Labute approximate surface area is 123 Å². The molecule has 1 saturated heterocycles. The van der Waals surface area contributed by atoms with Crippen LogP contribution in [0.25, 0.3) is 0 Å². The van der Waals surface area contributed by atoms with E-state index in [1.807, 2.05) is 0 Å². The van der Waals surface area contributed by atoms with E-state index >= 15 is 0 Å². The Balaban J connectivity index is 1.47. The molecular formula is C17H30N2O. The van der Waals surface area contributed by atoms with E-state index < -0.39 is 0 Å². The van der Waals surface area contributed by atoms with Gasteiger partial charge >= 0.3 is 0 Å². The molecule has 3 heteroatoms. The molecule has 3 nitrogen and oxygen atoms in total. The second-order valence-corrected chi connectivity index (χ2v) is 7.32. The molecule has 4 atom stereocenters. The van der Waals surface area contributed by atoms with Crippen molar-refractivity contribution < 1.29 is 4.79 Å². The van der Waals surface area contributed by atoms with Crippen LogP contribution in [0.3, 0.4) is 0 Å². The van der Waals surface area contributed by atoms with Gasteiger partial charge in [0, 0.05) is 25.0 Å². The van der Waals surface area contributed by atoms with Crippen molar-refractivity contribution in [3.05, 3.63) is 0 Å². The zero-order chi connectivity index (χ0) is 13.9. The van der Waals surface area contributed by atoms with E-state index in [1.54, 1.807) is 0 Å². The van der Waals surface area contributed by atoms with Gasteiger partial charge < -0.3 is 10.6 Å².